The van der Waals surface area contributed by atoms with Crippen molar-refractivity contribution in [3.63, 3.8) is 0 Å². The molecule has 3 heterocycles. The van der Waals surface area contributed by atoms with Crippen molar-refractivity contribution in [2.45, 2.75) is 39.3 Å². The molecule has 0 unspecified atom stereocenters. The molecule has 2 aromatic heterocycles. The summed E-state index contributed by atoms with van der Waals surface area (Å²) >= 11 is 0. The fraction of sp³-hybridized carbons (Fsp3) is 0.533. The molecule has 1 saturated heterocycles. The van der Waals surface area contributed by atoms with E-state index in [2.05, 4.69) is 15.0 Å². The zero-order valence-electron chi connectivity index (χ0n) is 12.8. The van der Waals surface area contributed by atoms with Crippen LogP contribution in [0.5, 0.6) is 0 Å². The maximum absolute atomic E-state index is 11.9. The van der Waals surface area contributed by atoms with Gasteiger partial charge in [0.1, 0.15) is 0 Å². The first-order valence-corrected chi connectivity index (χ1v) is 7.52. The summed E-state index contributed by atoms with van der Waals surface area (Å²) in [5, 5.41) is 3.94. The number of hydrogen-bond acceptors (Lipinski definition) is 5. The Bertz CT molecular complexity index is 742. The van der Waals surface area contributed by atoms with Crippen LogP contribution in [0, 0.1) is 13.8 Å². The Morgan fingerprint density at radius 1 is 1.32 bits per heavy atom. The van der Waals surface area contributed by atoms with Crippen molar-refractivity contribution in [1.82, 2.24) is 19.6 Å². The van der Waals surface area contributed by atoms with Crippen LogP contribution in [-0.4, -0.2) is 32.7 Å². The van der Waals surface area contributed by atoms with Crippen molar-refractivity contribution >= 4 is 0 Å². The molecule has 0 bridgehead atoms. The third kappa shape index (κ3) is 2.89. The van der Waals surface area contributed by atoms with Gasteiger partial charge in [-0.05, 0) is 33.2 Å². The highest BCUT2D eigenvalue weighted by atomic mass is 16.5. The van der Waals surface area contributed by atoms with Gasteiger partial charge in [-0.25, -0.2) is 4.79 Å². The summed E-state index contributed by atoms with van der Waals surface area (Å²) in [5.74, 6) is 0.861. The van der Waals surface area contributed by atoms with Crippen molar-refractivity contribution in [2.75, 3.05) is 13.1 Å². The lowest BCUT2D eigenvalue weighted by Gasteiger charge is -2.22. The van der Waals surface area contributed by atoms with Gasteiger partial charge in [0.2, 0.25) is 0 Å². The number of aromatic amines is 1. The molecule has 1 fully saturated rings. The molecule has 7 nitrogen and oxygen atoms in total. The molecule has 0 radical (unpaired) electrons. The van der Waals surface area contributed by atoms with E-state index in [-0.39, 0.29) is 17.3 Å². The summed E-state index contributed by atoms with van der Waals surface area (Å²) in [6.45, 7) is 5.55. The molecule has 0 saturated carbocycles. The topological polar surface area (TPSA) is 84.1 Å². The third-order valence-electron chi connectivity index (χ3n) is 4.10. The number of nitrogens with zero attached hydrogens (tertiary/aromatic N) is 3. The predicted molar refractivity (Wildman–Crippen MR) is 80.8 cm³/mol. The first-order valence-electron chi connectivity index (χ1n) is 7.52. The van der Waals surface area contributed by atoms with E-state index in [0.717, 1.165) is 30.8 Å². The van der Waals surface area contributed by atoms with Crippen molar-refractivity contribution in [3.05, 3.63) is 50.1 Å². The minimum Gasteiger partial charge on any atom is -0.359 e. The average molecular weight is 304 g/mol. The normalized spacial score (nSPS) is 18.9. The Morgan fingerprint density at radius 3 is 2.82 bits per heavy atom. The van der Waals surface area contributed by atoms with Crippen LogP contribution in [0.1, 0.15) is 36.0 Å². The van der Waals surface area contributed by atoms with Gasteiger partial charge in [0, 0.05) is 30.9 Å². The molecule has 3 rings (SSSR count). The standard InChI is InChI=1S/C15H20N4O3/c1-10-9-14(20)19(15(21)16-10)7-6-18-5-3-4-12(18)13-8-11(2)17-22-13/h8-9,12H,3-7H2,1-2H3,(H,16,21)/t12-/m0/s1. The minimum atomic E-state index is -0.351. The fourth-order valence-corrected chi connectivity index (χ4v) is 3.03. The Labute approximate surface area is 127 Å². The van der Waals surface area contributed by atoms with E-state index in [1.165, 1.54) is 10.6 Å². The van der Waals surface area contributed by atoms with Crippen molar-refractivity contribution in [2.24, 2.45) is 0 Å². The number of nitrogens with one attached hydrogen (secondary N) is 1. The lowest BCUT2D eigenvalue weighted by molar-refractivity contribution is 0.205. The number of aryl methyl sites for hydroxylation is 2. The summed E-state index contributed by atoms with van der Waals surface area (Å²) in [4.78, 5) is 28.7. The SMILES string of the molecule is Cc1cc([C@@H]2CCCN2CCn2c(=O)cc(C)[nH]c2=O)on1. The van der Waals surface area contributed by atoms with Gasteiger partial charge in [-0.2, -0.15) is 0 Å². The van der Waals surface area contributed by atoms with Crippen LogP contribution >= 0.6 is 0 Å². The Kier molecular flexibility index (Phi) is 3.98. The Morgan fingerprint density at radius 2 is 2.14 bits per heavy atom. The van der Waals surface area contributed by atoms with Crippen LogP contribution in [0.25, 0.3) is 0 Å². The van der Waals surface area contributed by atoms with Gasteiger partial charge in [-0.15, -0.1) is 0 Å². The smallest absolute Gasteiger partial charge is 0.328 e. The van der Waals surface area contributed by atoms with Crippen LogP contribution in [0.2, 0.25) is 0 Å². The second-order valence-electron chi connectivity index (χ2n) is 5.81. The van der Waals surface area contributed by atoms with Gasteiger partial charge in [0.25, 0.3) is 5.56 Å². The molecule has 0 aliphatic carbocycles. The molecule has 1 N–H and O–H groups in total. The van der Waals surface area contributed by atoms with E-state index in [9.17, 15) is 9.59 Å². The van der Waals surface area contributed by atoms with Crippen LogP contribution in [-0.2, 0) is 6.54 Å². The second-order valence-corrected chi connectivity index (χ2v) is 5.81. The molecule has 118 valence electrons. The molecule has 1 aliphatic rings. The molecule has 22 heavy (non-hydrogen) atoms. The highest BCUT2D eigenvalue weighted by Crippen LogP contribution is 2.31. The van der Waals surface area contributed by atoms with E-state index in [1.54, 1.807) is 6.92 Å². The van der Waals surface area contributed by atoms with Crippen molar-refractivity contribution in [1.29, 1.82) is 0 Å². The van der Waals surface area contributed by atoms with Gasteiger partial charge >= 0.3 is 5.69 Å². The van der Waals surface area contributed by atoms with Crippen molar-refractivity contribution in [3.8, 4) is 0 Å². The van der Waals surface area contributed by atoms with E-state index in [4.69, 9.17) is 4.52 Å². The maximum Gasteiger partial charge on any atom is 0.328 e. The summed E-state index contributed by atoms with van der Waals surface area (Å²) in [6, 6.07) is 3.58. The minimum absolute atomic E-state index is 0.182. The zero-order valence-corrected chi connectivity index (χ0v) is 12.8. The quantitative estimate of drug-likeness (QED) is 0.910. The summed E-state index contributed by atoms with van der Waals surface area (Å²) < 4.78 is 6.61. The van der Waals surface area contributed by atoms with E-state index in [1.807, 2.05) is 13.0 Å². The molecule has 1 aliphatic heterocycles. The zero-order chi connectivity index (χ0) is 15.7. The largest absolute Gasteiger partial charge is 0.359 e. The summed E-state index contributed by atoms with van der Waals surface area (Å²) in [5.41, 5.74) is 0.847. The van der Waals surface area contributed by atoms with Gasteiger partial charge in [-0.3, -0.25) is 14.3 Å². The first-order chi connectivity index (χ1) is 10.5. The van der Waals surface area contributed by atoms with Crippen LogP contribution in [0.15, 0.2) is 26.2 Å². The van der Waals surface area contributed by atoms with Gasteiger partial charge < -0.3 is 9.51 Å². The summed E-state index contributed by atoms with van der Waals surface area (Å²) in [6.07, 6.45) is 2.08. The fourth-order valence-electron chi connectivity index (χ4n) is 3.03. The second kappa shape index (κ2) is 5.92. The highest BCUT2D eigenvalue weighted by Gasteiger charge is 2.28. The van der Waals surface area contributed by atoms with Crippen LogP contribution in [0.4, 0.5) is 0 Å². The van der Waals surface area contributed by atoms with Crippen molar-refractivity contribution < 1.29 is 4.52 Å². The van der Waals surface area contributed by atoms with Gasteiger partial charge in [0.15, 0.2) is 5.76 Å². The molecule has 2 aromatic rings. The molecule has 0 amide bonds. The molecular weight excluding hydrogens is 284 g/mol. The maximum atomic E-state index is 11.9. The van der Waals surface area contributed by atoms with E-state index < -0.39 is 0 Å². The van der Waals surface area contributed by atoms with Crippen LogP contribution < -0.4 is 11.2 Å². The summed E-state index contributed by atoms with van der Waals surface area (Å²) in [7, 11) is 0. The molecule has 0 aromatic carbocycles. The number of rotatable bonds is 4. The Balaban J connectivity index is 1.74. The van der Waals surface area contributed by atoms with Gasteiger partial charge in [0.05, 0.1) is 11.7 Å². The van der Waals surface area contributed by atoms with E-state index >= 15 is 0 Å². The number of H-pyrrole nitrogens is 1. The molecule has 1 atom stereocenters. The number of hydrogen-bond donors (Lipinski definition) is 1. The van der Waals surface area contributed by atoms with Crippen LogP contribution in [0.3, 0.4) is 0 Å². The molecular formula is C15H20N4O3. The highest BCUT2D eigenvalue weighted by molar-refractivity contribution is 5.09. The lowest BCUT2D eigenvalue weighted by Crippen LogP contribution is -2.39. The molecule has 7 heteroatoms. The Hall–Kier alpha value is -2.15. The van der Waals surface area contributed by atoms with Gasteiger partial charge in [-0.1, -0.05) is 5.16 Å². The first kappa shape index (κ1) is 14.8. The molecule has 0 spiro atoms. The third-order valence-corrected chi connectivity index (χ3v) is 4.10. The van der Waals surface area contributed by atoms with E-state index in [0.29, 0.717) is 18.8 Å². The monoisotopic (exact) mass is 304 g/mol. The number of aromatic nitrogens is 3. The number of likely N-dealkylation sites (tertiary alicyclic amines) is 1. The predicted octanol–water partition coefficient (Wildman–Crippen LogP) is 0.979. The lowest BCUT2D eigenvalue weighted by atomic mass is 10.1. The average Bonchev–Trinajstić information content (AvgIpc) is 3.06.